The number of benzene rings is 3. The molecule has 0 radical (unpaired) electrons. The maximum atomic E-state index is 8.65. The van der Waals surface area contributed by atoms with Crippen molar-refractivity contribution in [1.29, 1.82) is 5.41 Å². The summed E-state index contributed by atoms with van der Waals surface area (Å²) >= 11 is 6.11. The van der Waals surface area contributed by atoms with E-state index in [0.29, 0.717) is 27.6 Å². The van der Waals surface area contributed by atoms with E-state index in [1.165, 1.54) is 0 Å². The number of aromatic nitrogens is 3. The van der Waals surface area contributed by atoms with Gasteiger partial charge in [0.05, 0.1) is 40.6 Å². The molecule has 3 aromatic rings. The monoisotopic (exact) mass is 427 g/mol. The Balaban J connectivity index is 1.74. The maximum absolute atomic E-state index is 8.65. The fraction of sp³-hybridized carbons (Fsp3) is 0.0417. The van der Waals surface area contributed by atoms with Gasteiger partial charge in [-0.25, -0.2) is 9.97 Å². The van der Waals surface area contributed by atoms with Crippen molar-refractivity contribution in [3.63, 3.8) is 0 Å². The number of fused-ring (bicyclic) bond motifs is 2. The Labute approximate surface area is 183 Å². The van der Waals surface area contributed by atoms with Crippen LogP contribution in [0.2, 0.25) is 5.02 Å². The molecule has 152 valence electrons. The molecule has 1 aliphatic carbocycles. The van der Waals surface area contributed by atoms with Crippen LogP contribution in [0.25, 0.3) is 28.1 Å². The average Bonchev–Trinajstić information content (AvgIpc) is 2.79. The predicted octanol–water partition coefficient (Wildman–Crippen LogP) is 5.41. The second-order valence-electron chi connectivity index (χ2n) is 6.98. The highest BCUT2D eigenvalue weighted by molar-refractivity contribution is 6.30. The summed E-state index contributed by atoms with van der Waals surface area (Å²) in [5.41, 5.74) is 5.64. The van der Waals surface area contributed by atoms with Crippen LogP contribution in [0.3, 0.4) is 0 Å². The van der Waals surface area contributed by atoms with Gasteiger partial charge in [0.25, 0.3) is 0 Å². The molecule has 2 heterocycles. The quantitative estimate of drug-likeness (QED) is 0.376. The van der Waals surface area contributed by atoms with Crippen molar-refractivity contribution in [3.8, 4) is 23.0 Å². The largest absolute Gasteiger partial charge is 0.480 e. The molecule has 0 atom stereocenters. The lowest BCUT2D eigenvalue weighted by atomic mass is 10.1. The molecule has 1 aliphatic heterocycles. The molecule has 6 nitrogen and oxygen atoms in total. The highest BCUT2D eigenvalue weighted by atomic mass is 35.5. The van der Waals surface area contributed by atoms with Gasteiger partial charge in [0.1, 0.15) is 5.69 Å². The van der Waals surface area contributed by atoms with Gasteiger partial charge in [-0.2, -0.15) is 0 Å². The van der Waals surface area contributed by atoms with Crippen LogP contribution in [0.1, 0.15) is 0 Å². The SMILES string of the molecule is COc1ncccc1Nc1cc2nc3ccccc3n(-c3ccc(Cl)cc3)c-2cc1=N. The zero-order valence-electron chi connectivity index (χ0n) is 16.6. The molecule has 1 aromatic heterocycles. The summed E-state index contributed by atoms with van der Waals surface area (Å²) in [4.78, 5) is 9.06. The molecule has 31 heavy (non-hydrogen) atoms. The van der Waals surface area contributed by atoms with Gasteiger partial charge in [-0.1, -0.05) is 23.7 Å². The maximum Gasteiger partial charge on any atom is 0.237 e. The molecule has 0 saturated carbocycles. The summed E-state index contributed by atoms with van der Waals surface area (Å²) in [6, 6.07) is 23.0. The Bertz CT molecular complexity index is 1430. The molecule has 2 aliphatic rings. The van der Waals surface area contributed by atoms with E-state index in [4.69, 9.17) is 26.7 Å². The number of rotatable bonds is 4. The summed E-state index contributed by atoms with van der Waals surface area (Å²) in [7, 11) is 1.57. The van der Waals surface area contributed by atoms with Gasteiger partial charge in [-0.3, -0.25) is 5.41 Å². The van der Waals surface area contributed by atoms with E-state index in [0.717, 1.165) is 28.1 Å². The molecule has 7 heteroatoms. The second-order valence-corrected chi connectivity index (χ2v) is 7.42. The van der Waals surface area contributed by atoms with Crippen molar-refractivity contribution >= 4 is 34.0 Å². The molecular weight excluding hydrogens is 410 g/mol. The van der Waals surface area contributed by atoms with E-state index >= 15 is 0 Å². The summed E-state index contributed by atoms with van der Waals surface area (Å²) in [5, 5.41) is 12.9. The van der Waals surface area contributed by atoms with Gasteiger partial charge in [0, 0.05) is 16.9 Å². The normalized spacial score (nSPS) is 11.0. The minimum atomic E-state index is 0.332. The van der Waals surface area contributed by atoms with Crippen LogP contribution in [-0.4, -0.2) is 21.6 Å². The first-order chi connectivity index (χ1) is 15.1. The number of hydrogen-bond acceptors (Lipinski definition) is 5. The Kier molecular flexibility index (Phi) is 4.76. The topological polar surface area (TPSA) is 75.8 Å². The molecule has 0 unspecified atom stereocenters. The summed E-state index contributed by atoms with van der Waals surface area (Å²) < 4.78 is 7.42. The van der Waals surface area contributed by atoms with Crippen LogP contribution in [0.5, 0.6) is 5.88 Å². The number of methoxy groups -OCH3 is 1. The Morgan fingerprint density at radius 1 is 0.968 bits per heavy atom. The van der Waals surface area contributed by atoms with Gasteiger partial charge in [0.2, 0.25) is 5.88 Å². The van der Waals surface area contributed by atoms with Crippen molar-refractivity contribution in [3.05, 3.63) is 89.4 Å². The van der Waals surface area contributed by atoms with Crippen molar-refractivity contribution in [2.45, 2.75) is 0 Å². The third kappa shape index (κ3) is 3.47. The fourth-order valence-corrected chi connectivity index (χ4v) is 3.74. The lowest BCUT2D eigenvalue weighted by Crippen LogP contribution is -2.14. The van der Waals surface area contributed by atoms with E-state index in [1.807, 2.05) is 72.8 Å². The van der Waals surface area contributed by atoms with E-state index < -0.39 is 0 Å². The van der Waals surface area contributed by atoms with Gasteiger partial charge in [-0.05, 0) is 60.7 Å². The van der Waals surface area contributed by atoms with Gasteiger partial charge >= 0.3 is 0 Å². The number of nitrogens with zero attached hydrogens (tertiary/aromatic N) is 3. The van der Waals surface area contributed by atoms with Crippen LogP contribution >= 0.6 is 11.6 Å². The standard InChI is InChI=1S/C24H18ClN5O/c1-31-24-19(6-4-12-27-24)29-20-14-21-23(13-17(20)26)30(16-10-8-15(25)9-11-16)22-7-3-2-5-18(22)28-21/h2-14,26,29H,1H3. The highest BCUT2D eigenvalue weighted by Crippen LogP contribution is 2.31. The number of pyridine rings is 1. The molecule has 0 bridgehead atoms. The fourth-order valence-electron chi connectivity index (χ4n) is 3.62. The molecule has 2 aromatic carbocycles. The van der Waals surface area contributed by atoms with Crippen molar-refractivity contribution in [2.75, 3.05) is 12.4 Å². The van der Waals surface area contributed by atoms with Crippen LogP contribution in [0.15, 0.2) is 79.0 Å². The lowest BCUT2D eigenvalue weighted by Gasteiger charge is -2.20. The highest BCUT2D eigenvalue weighted by Gasteiger charge is 2.16. The predicted molar refractivity (Wildman–Crippen MR) is 123 cm³/mol. The third-order valence-corrected chi connectivity index (χ3v) is 5.29. The minimum absolute atomic E-state index is 0.332. The Morgan fingerprint density at radius 3 is 2.58 bits per heavy atom. The first kappa shape index (κ1) is 19.1. The first-order valence-electron chi connectivity index (χ1n) is 9.66. The van der Waals surface area contributed by atoms with Gasteiger partial charge in [0.15, 0.2) is 0 Å². The third-order valence-electron chi connectivity index (χ3n) is 5.04. The summed E-state index contributed by atoms with van der Waals surface area (Å²) in [6.45, 7) is 0. The lowest BCUT2D eigenvalue weighted by molar-refractivity contribution is 0.400. The molecule has 5 rings (SSSR count). The first-order valence-corrected chi connectivity index (χ1v) is 10.0. The minimum Gasteiger partial charge on any atom is -0.480 e. The number of hydrogen-bond donors (Lipinski definition) is 2. The van der Waals surface area contributed by atoms with E-state index in [9.17, 15) is 0 Å². The number of anilines is 2. The smallest absolute Gasteiger partial charge is 0.237 e. The van der Waals surface area contributed by atoms with Crippen LogP contribution in [-0.2, 0) is 0 Å². The molecular formula is C24H18ClN5O. The molecule has 0 fully saturated rings. The second kappa shape index (κ2) is 7.74. The average molecular weight is 428 g/mol. The molecule has 2 N–H and O–H groups in total. The zero-order valence-corrected chi connectivity index (χ0v) is 17.4. The van der Waals surface area contributed by atoms with Gasteiger partial charge in [-0.15, -0.1) is 0 Å². The molecule has 0 spiro atoms. The van der Waals surface area contributed by atoms with E-state index in [1.54, 1.807) is 13.3 Å². The van der Waals surface area contributed by atoms with E-state index in [2.05, 4.69) is 14.9 Å². The Morgan fingerprint density at radius 2 is 1.77 bits per heavy atom. The van der Waals surface area contributed by atoms with E-state index in [-0.39, 0.29) is 0 Å². The summed E-state index contributed by atoms with van der Waals surface area (Å²) in [5.74, 6) is 0.463. The number of halogens is 1. The van der Waals surface area contributed by atoms with Crippen molar-refractivity contribution in [2.24, 2.45) is 0 Å². The number of para-hydroxylation sites is 2. The molecule has 0 amide bonds. The van der Waals surface area contributed by atoms with Crippen LogP contribution in [0, 0.1) is 5.41 Å². The Hall–Kier alpha value is -3.90. The van der Waals surface area contributed by atoms with Crippen LogP contribution in [0.4, 0.5) is 11.4 Å². The molecule has 0 saturated heterocycles. The van der Waals surface area contributed by atoms with Crippen LogP contribution < -0.4 is 15.4 Å². The zero-order chi connectivity index (χ0) is 21.4. The summed E-state index contributed by atoms with van der Waals surface area (Å²) in [6.07, 6.45) is 1.66. The number of ether oxygens (including phenoxy) is 1. The van der Waals surface area contributed by atoms with Crippen molar-refractivity contribution < 1.29 is 4.74 Å². The van der Waals surface area contributed by atoms with Gasteiger partial charge < -0.3 is 14.6 Å². The number of nitrogens with one attached hydrogen (secondary N) is 2. The van der Waals surface area contributed by atoms with Crippen molar-refractivity contribution in [1.82, 2.24) is 14.5 Å².